The predicted molar refractivity (Wildman–Crippen MR) is 60.5 cm³/mol. The minimum Gasteiger partial charge on any atom is -0.326 e. The molecule has 1 amide bonds. The molecular weight excluding hydrogens is 213 g/mol. The third-order valence-corrected chi connectivity index (χ3v) is 3.57. The van der Waals surface area contributed by atoms with Crippen LogP contribution in [0.25, 0.3) is 0 Å². The second-order valence-corrected chi connectivity index (χ2v) is 4.71. The van der Waals surface area contributed by atoms with Crippen molar-refractivity contribution in [3.05, 3.63) is 30.1 Å². The molecular formula is C11H12FNOS. The number of anilines is 1. The second kappa shape index (κ2) is 4.66. The van der Waals surface area contributed by atoms with Crippen LogP contribution in [-0.2, 0) is 4.79 Å². The molecule has 0 saturated carbocycles. The van der Waals surface area contributed by atoms with Crippen LogP contribution >= 0.6 is 11.8 Å². The third kappa shape index (κ3) is 2.72. The Morgan fingerprint density at radius 3 is 2.73 bits per heavy atom. The maximum absolute atomic E-state index is 12.6. The van der Waals surface area contributed by atoms with Crippen molar-refractivity contribution in [1.82, 2.24) is 0 Å². The van der Waals surface area contributed by atoms with E-state index in [0.29, 0.717) is 5.69 Å². The number of amides is 1. The van der Waals surface area contributed by atoms with Crippen molar-refractivity contribution in [2.24, 2.45) is 5.92 Å². The maximum Gasteiger partial charge on any atom is 0.228 e. The molecule has 1 atom stereocenters. The monoisotopic (exact) mass is 225 g/mol. The molecule has 1 fully saturated rings. The second-order valence-electron chi connectivity index (χ2n) is 3.56. The van der Waals surface area contributed by atoms with E-state index in [2.05, 4.69) is 5.32 Å². The number of rotatable bonds is 2. The minimum absolute atomic E-state index is 0.0478. The fourth-order valence-electron chi connectivity index (χ4n) is 1.52. The average Bonchev–Trinajstić information content (AvgIpc) is 2.74. The van der Waals surface area contributed by atoms with Gasteiger partial charge in [-0.15, -0.1) is 0 Å². The summed E-state index contributed by atoms with van der Waals surface area (Å²) in [6.45, 7) is 0. The highest BCUT2D eigenvalue weighted by Crippen LogP contribution is 2.24. The van der Waals surface area contributed by atoms with Crippen molar-refractivity contribution >= 4 is 23.4 Å². The Bertz CT molecular complexity index is 346. The first-order valence-electron chi connectivity index (χ1n) is 4.90. The zero-order chi connectivity index (χ0) is 10.7. The topological polar surface area (TPSA) is 29.1 Å². The predicted octanol–water partition coefficient (Wildman–Crippen LogP) is 2.52. The molecule has 80 valence electrons. The van der Waals surface area contributed by atoms with Crippen molar-refractivity contribution in [3.8, 4) is 0 Å². The van der Waals surface area contributed by atoms with Crippen molar-refractivity contribution in [1.29, 1.82) is 0 Å². The number of halogens is 1. The van der Waals surface area contributed by atoms with E-state index in [1.165, 1.54) is 12.1 Å². The van der Waals surface area contributed by atoms with Gasteiger partial charge in [0.1, 0.15) is 5.82 Å². The van der Waals surface area contributed by atoms with Crippen LogP contribution in [0.15, 0.2) is 24.3 Å². The molecule has 1 aromatic rings. The molecule has 0 spiro atoms. The van der Waals surface area contributed by atoms with E-state index < -0.39 is 0 Å². The van der Waals surface area contributed by atoms with E-state index in [-0.39, 0.29) is 17.6 Å². The molecule has 1 saturated heterocycles. The normalized spacial score (nSPS) is 20.2. The van der Waals surface area contributed by atoms with Crippen LogP contribution in [-0.4, -0.2) is 17.4 Å². The lowest BCUT2D eigenvalue weighted by Crippen LogP contribution is -2.22. The lowest BCUT2D eigenvalue weighted by molar-refractivity contribution is -0.119. The largest absolute Gasteiger partial charge is 0.326 e. The number of benzene rings is 1. The molecule has 0 aromatic heterocycles. The molecule has 1 aromatic carbocycles. The molecule has 0 aliphatic carbocycles. The van der Waals surface area contributed by atoms with Crippen LogP contribution in [0.5, 0.6) is 0 Å². The van der Waals surface area contributed by atoms with E-state index in [1.807, 2.05) is 0 Å². The van der Waals surface area contributed by atoms with Crippen LogP contribution in [0.2, 0.25) is 0 Å². The highest BCUT2D eigenvalue weighted by molar-refractivity contribution is 7.99. The van der Waals surface area contributed by atoms with E-state index >= 15 is 0 Å². The quantitative estimate of drug-likeness (QED) is 0.838. The molecule has 0 radical (unpaired) electrons. The number of carbonyl (C=O) groups excluding carboxylic acids is 1. The van der Waals surface area contributed by atoms with Gasteiger partial charge in [0.25, 0.3) is 0 Å². The molecule has 0 bridgehead atoms. The van der Waals surface area contributed by atoms with Crippen molar-refractivity contribution in [3.63, 3.8) is 0 Å². The molecule has 15 heavy (non-hydrogen) atoms. The lowest BCUT2D eigenvalue weighted by atomic mass is 10.1. The van der Waals surface area contributed by atoms with Crippen LogP contribution in [0.4, 0.5) is 10.1 Å². The summed E-state index contributed by atoms with van der Waals surface area (Å²) in [6, 6.07) is 5.85. The van der Waals surface area contributed by atoms with Crippen molar-refractivity contribution in [2.75, 3.05) is 16.8 Å². The fourth-order valence-corrected chi connectivity index (χ4v) is 2.74. The number of hydrogen-bond donors (Lipinski definition) is 1. The van der Waals surface area contributed by atoms with Gasteiger partial charge in [-0.05, 0) is 36.4 Å². The van der Waals surface area contributed by atoms with E-state index in [4.69, 9.17) is 0 Å². The van der Waals surface area contributed by atoms with Gasteiger partial charge in [-0.25, -0.2) is 4.39 Å². The van der Waals surface area contributed by atoms with Gasteiger partial charge in [-0.2, -0.15) is 11.8 Å². The summed E-state index contributed by atoms with van der Waals surface area (Å²) in [7, 11) is 0. The highest BCUT2D eigenvalue weighted by atomic mass is 32.2. The highest BCUT2D eigenvalue weighted by Gasteiger charge is 2.22. The minimum atomic E-state index is -0.288. The van der Waals surface area contributed by atoms with Gasteiger partial charge in [-0.3, -0.25) is 4.79 Å². The Labute approximate surface area is 92.3 Å². The van der Waals surface area contributed by atoms with E-state index in [1.54, 1.807) is 23.9 Å². The van der Waals surface area contributed by atoms with Crippen molar-refractivity contribution < 1.29 is 9.18 Å². The summed E-state index contributed by atoms with van der Waals surface area (Å²) in [5.41, 5.74) is 0.665. The SMILES string of the molecule is O=C(Nc1ccc(F)cc1)C1CCSC1. The Balaban J connectivity index is 1.96. The third-order valence-electron chi connectivity index (χ3n) is 2.41. The molecule has 1 unspecified atom stereocenters. The number of carbonyl (C=O) groups is 1. The van der Waals surface area contributed by atoms with Gasteiger partial charge in [0.05, 0.1) is 0 Å². The maximum atomic E-state index is 12.6. The number of nitrogens with one attached hydrogen (secondary N) is 1. The Morgan fingerprint density at radius 2 is 2.13 bits per heavy atom. The summed E-state index contributed by atoms with van der Waals surface area (Å²) < 4.78 is 12.6. The molecule has 1 heterocycles. The Hall–Kier alpha value is -1.03. The van der Waals surface area contributed by atoms with Gasteiger partial charge >= 0.3 is 0 Å². The van der Waals surface area contributed by atoms with Gasteiger partial charge in [-0.1, -0.05) is 0 Å². The molecule has 1 aliphatic heterocycles. The van der Waals surface area contributed by atoms with Gasteiger partial charge in [0.15, 0.2) is 0 Å². The average molecular weight is 225 g/mol. The summed E-state index contributed by atoms with van der Waals surface area (Å²) >= 11 is 1.80. The van der Waals surface area contributed by atoms with Crippen LogP contribution in [0.1, 0.15) is 6.42 Å². The number of hydrogen-bond acceptors (Lipinski definition) is 2. The standard InChI is InChI=1S/C11H12FNOS/c12-9-1-3-10(4-2-9)13-11(14)8-5-6-15-7-8/h1-4,8H,5-7H2,(H,13,14). The summed E-state index contributed by atoms with van der Waals surface area (Å²) in [5, 5.41) is 2.79. The van der Waals surface area contributed by atoms with Gasteiger partial charge in [0, 0.05) is 17.4 Å². The van der Waals surface area contributed by atoms with Gasteiger partial charge in [0.2, 0.25) is 5.91 Å². The van der Waals surface area contributed by atoms with E-state index in [9.17, 15) is 9.18 Å². The first-order valence-corrected chi connectivity index (χ1v) is 6.05. The molecule has 2 nitrogen and oxygen atoms in total. The first-order chi connectivity index (χ1) is 7.25. The van der Waals surface area contributed by atoms with Gasteiger partial charge < -0.3 is 5.32 Å². The smallest absolute Gasteiger partial charge is 0.228 e. The molecule has 2 rings (SSSR count). The molecule has 1 aliphatic rings. The molecule has 4 heteroatoms. The van der Waals surface area contributed by atoms with Crippen LogP contribution in [0, 0.1) is 11.7 Å². The number of thioether (sulfide) groups is 1. The summed E-state index contributed by atoms with van der Waals surface area (Å²) in [4.78, 5) is 11.7. The van der Waals surface area contributed by atoms with Crippen LogP contribution < -0.4 is 5.32 Å². The van der Waals surface area contributed by atoms with E-state index in [0.717, 1.165) is 17.9 Å². The fraction of sp³-hybridized carbons (Fsp3) is 0.364. The first kappa shape index (κ1) is 10.5. The summed E-state index contributed by atoms with van der Waals surface area (Å²) in [6.07, 6.45) is 0.942. The zero-order valence-corrected chi connectivity index (χ0v) is 9.02. The Kier molecular flexibility index (Phi) is 3.26. The zero-order valence-electron chi connectivity index (χ0n) is 8.20. The van der Waals surface area contributed by atoms with Crippen molar-refractivity contribution in [2.45, 2.75) is 6.42 Å². The molecule has 1 N–H and O–H groups in total. The van der Waals surface area contributed by atoms with Crippen LogP contribution in [0.3, 0.4) is 0 Å². The Morgan fingerprint density at radius 1 is 1.40 bits per heavy atom. The lowest BCUT2D eigenvalue weighted by Gasteiger charge is -2.09. The summed E-state index contributed by atoms with van der Waals surface area (Å²) in [5.74, 6) is 1.82.